The van der Waals surface area contributed by atoms with Crippen LogP contribution in [0.25, 0.3) is 11.0 Å². The molecular weight excluding hydrogens is 226 g/mol. The van der Waals surface area contributed by atoms with E-state index in [4.69, 9.17) is 10.2 Å². The van der Waals surface area contributed by atoms with Gasteiger partial charge in [0.25, 0.3) is 0 Å². The fourth-order valence-corrected chi connectivity index (χ4v) is 2.04. The molecule has 4 nitrogen and oxygen atoms in total. The van der Waals surface area contributed by atoms with Gasteiger partial charge in [-0.25, -0.2) is 0 Å². The third-order valence-electron chi connectivity index (χ3n) is 2.97. The molecule has 2 heterocycles. The number of nitrogens with two attached hydrogens (primary N) is 1. The van der Waals surface area contributed by atoms with Gasteiger partial charge in [0.2, 0.25) is 0 Å². The standard InChI is InChI=1S/C14H15N3O/c1-10-6-7-17(16-10)9-12(15)14-8-11-4-2-3-5-13(11)18-14/h2-8,12H,9,15H2,1H3. The highest BCUT2D eigenvalue weighted by Crippen LogP contribution is 2.23. The molecule has 2 aromatic heterocycles. The monoisotopic (exact) mass is 241 g/mol. The van der Waals surface area contributed by atoms with Crippen molar-refractivity contribution in [1.82, 2.24) is 9.78 Å². The number of nitrogens with zero attached hydrogens (tertiary/aromatic N) is 2. The third kappa shape index (κ3) is 2.02. The van der Waals surface area contributed by atoms with Gasteiger partial charge in [-0.15, -0.1) is 0 Å². The summed E-state index contributed by atoms with van der Waals surface area (Å²) in [4.78, 5) is 0. The largest absolute Gasteiger partial charge is 0.459 e. The van der Waals surface area contributed by atoms with Crippen LogP contribution in [0.1, 0.15) is 17.5 Å². The molecule has 0 saturated heterocycles. The van der Waals surface area contributed by atoms with Crippen molar-refractivity contribution >= 4 is 11.0 Å². The van der Waals surface area contributed by atoms with Crippen LogP contribution in [0.15, 0.2) is 47.0 Å². The van der Waals surface area contributed by atoms with Crippen LogP contribution in [-0.4, -0.2) is 9.78 Å². The number of fused-ring (bicyclic) bond motifs is 1. The average molecular weight is 241 g/mol. The van der Waals surface area contributed by atoms with Crippen LogP contribution in [0.4, 0.5) is 0 Å². The number of hydrogen-bond acceptors (Lipinski definition) is 3. The van der Waals surface area contributed by atoms with Crippen LogP contribution in [0.2, 0.25) is 0 Å². The van der Waals surface area contributed by atoms with Gasteiger partial charge in [-0.05, 0) is 25.1 Å². The maximum absolute atomic E-state index is 6.15. The highest BCUT2D eigenvalue weighted by Gasteiger charge is 2.12. The molecule has 0 aliphatic carbocycles. The lowest BCUT2D eigenvalue weighted by Crippen LogP contribution is -2.17. The first-order chi connectivity index (χ1) is 8.72. The van der Waals surface area contributed by atoms with E-state index in [2.05, 4.69) is 5.10 Å². The van der Waals surface area contributed by atoms with Gasteiger partial charge in [-0.3, -0.25) is 4.68 Å². The molecule has 4 heteroatoms. The third-order valence-corrected chi connectivity index (χ3v) is 2.97. The second-order valence-electron chi connectivity index (χ2n) is 4.47. The zero-order valence-corrected chi connectivity index (χ0v) is 10.2. The first-order valence-corrected chi connectivity index (χ1v) is 5.96. The normalized spacial score (nSPS) is 13.0. The molecule has 0 spiro atoms. The second kappa shape index (κ2) is 4.31. The van der Waals surface area contributed by atoms with E-state index in [9.17, 15) is 0 Å². The summed E-state index contributed by atoms with van der Waals surface area (Å²) in [6, 6.07) is 11.7. The first kappa shape index (κ1) is 11.0. The Kier molecular flexibility index (Phi) is 2.64. The van der Waals surface area contributed by atoms with Gasteiger partial charge in [-0.1, -0.05) is 18.2 Å². The van der Waals surface area contributed by atoms with E-state index in [1.54, 1.807) is 0 Å². The zero-order valence-electron chi connectivity index (χ0n) is 10.2. The van der Waals surface area contributed by atoms with Gasteiger partial charge in [-0.2, -0.15) is 5.10 Å². The topological polar surface area (TPSA) is 57.0 Å². The fraction of sp³-hybridized carbons (Fsp3) is 0.214. The van der Waals surface area contributed by atoms with E-state index in [-0.39, 0.29) is 6.04 Å². The molecule has 0 saturated carbocycles. The summed E-state index contributed by atoms with van der Waals surface area (Å²) in [5.74, 6) is 0.796. The predicted octanol–water partition coefficient (Wildman–Crippen LogP) is 2.64. The SMILES string of the molecule is Cc1ccn(CC(N)c2cc3ccccc3o2)n1. The summed E-state index contributed by atoms with van der Waals surface area (Å²) in [6.45, 7) is 2.58. The Morgan fingerprint density at radius 3 is 2.89 bits per heavy atom. The quantitative estimate of drug-likeness (QED) is 0.767. The Labute approximate surface area is 105 Å². The van der Waals surface area contributed by atoms with Crippen molar-refractivity contribution in [3.8, 4) is 0 Å². The van der Waals surface area contributed by atoms with Crippen LogP contribution < -0.4 is 5.73 Å². The molecule has 0 radical (unpaired) electrons. The summed E-state index contributed by atoms with van der Waals surface area (Å²) in [6.07, 6.45) is 1.93. The molecule has 3 aromatic rings. The van der Waals surface area contributed by atoms with Gasteiger partial charge < -0.3 is 10.2 Å². The number of aromatic nitrogens is 2. The van der Waals surface area contributed by atoms with E-state index >= 15 is 0 Å². The van der Waals surface area contributed by atoms with Gasteiger partial charge >= 0.3 is 0 Å². The molecule has 0 aliphatic rings. The van der Waals surface area contributed by atoms with E-state index in [1.807, 2.05) is 54.2 Å². The molecule has 0 fully saturated rings. The van der Waals surface area contributed by atoms with E-state index in [0.29, 0.717) is 6.54 Å². The Morgan fingerprint density at radius 2 is 2.17 bits per heavy atom. The molecule has 0 amide bonds. The number of para-hydroxylation sites is 1. The number of benzene rings is 1. The van der Waals surface area contributed by atoms with Crippen molar-refractivity contribution in [3.63, 3.8) is 0 Å². The number of rotatable bonds is 3. The average Bonchev–Trinajstić information content (AvgIpc) is 2.95. The minimum Gasteiger partial charge on any atom is -0.459 e. The summed E-state index contributed by atoms with van der Waals surface area (Å²) >= 11 is 0. The van der Waals surface area contributed by atoms with Crippen molar-refractivity contribution < 1.29 is 4.42 Å². The van der Waals surface area contributed by atoms with E-state index < -0.39 is 0 Å². The fourth-order valence-electron chi connectivity index (χ4n) is 2.04. The smallest absolute Gasteiger partial charge is 0.134 e. The van der Waals surface area contributed by atoms with Gasteiger partial charge in [0.05, 0.1) is 18.3 Å². The molecule has 0 aliphatic heterocycles. The lowest BCUT2D eigenvalue weighted by molar-refractivity contribution is 0.437. The highest BCUT2D eigenvalue weighted by molar-refractivity contribution is 5.77. The maximum Gasteiger partial charge on any atom is 0.134 e. The lowest BCUT2D eigenvalue weighted by atomic mass is 10.2. The molecule has 2 N–H and O–H groups in total. The van der Waals surface area contributed by atoms with Crippen molar-refractivity contribution in [1.29, 1.82) is 0 Å². The first-order valence-electron chi connectivity index (χ1n) is 5.96. The minimum atomic E-state index is -0.184. The highest BCUT2D eigenvalue weighted by atomic mass is 16.3. The van der Waals surface area contributed by atoms with Crippen LogP contribution >= 0.6 is 0 Å². The Balaban J connectivity index is 1.85. The number of furan rings is 1. The van der Waals surface area contributed by atoms with Crippen LogP contribution in [0.3, 0.4) is 0 Å². The van der Waals surface area contributed by atoms with Crippen molar-refractivity contribution in [2.45, 2.75) is 19.5 Å². The zero-order chi connectivity index (χ0) is 12.5. The molecule has 1 aromatic carbocycles. The van der Waals surface area contributed by atoms with Crippen LogP contribution in [0.5, 0.6) is 0 Å². The lowest BCUT2D eigenvalue weighted by Gasteiger charge is -2.08. The molecule has 1 atom stereocenters. The number of hydrogen-bond donors (Lipinski definition) is 1. The summed E-state index contributed by atoms with van der Waals surface area (Å²) in [5, 5.41) is 5.41. The molecular formula is C14H15N3O. The van der Waals surface area contributed by atoms with Crippen molar-refractivity contribution in [2.24, 2.45) is 5.73 Å². The Bertz CT molecular complexity index is 635. The minimum absolute atomic E-state index is 0.184. The van der Waals surface area contributed by atoms with Gasteiger partial charge in [0, 0.05) is 11.6 Å². The molecule has 1 unspecified atom stereocenters. The van der Waals surface area contributed by atoms with Gasteiger partial charge in [0.15, 0.2) is 0 Å². The van der Waals surface area contributed by atoms with Crippen molar-refractivity contribution in [3.05, 3.63) is 54.0 Å². The van der Waals surface area contributed by atoms with Crippen LogP contribution in [0, 0.1) is 6.92 Å². The molecule has 18 heavy (non-hydrogen) atoms. The summed E-state index contributed by atoms with van der Waals surface area (Å²) in [5.41, 5.74) is 8.01. The van der Waals surface area contributed by atoms with E-state index in [1.165, 1.54) is 0 Å². The number of aryl methyl sites for hydroxylation is 1. The van der Waals surface area contributed by atoms with Crippen LogP contribution in [-0.2, 0) is 6.54 Å². The second-order valence-corrected chi connectivity index (χ2v) is 4.47. The van der Waals surface area contributed by atoms with Gasteiger partial charge in [0.1, 0.15) is 11.3 Å². The van der Waals surface area contributed by atoms with E-state index in [0.717, 1.165) is 22.4 Å². The van der Waals surface area contributed by atoms with Crippen molar-refractivity contribution in [2.75, 3.05) is 0 Å². The molecule has 92 valence electrons. The predicted molar refractivity (Wildman–Crippen MR) is 70.1 cm³/mol. The Hall–Kier alpha value is -2.07. The molecule has 3 rings (SSSR count). The summed E-state index contributed by atoms with van der Waals surface area (Å²) in [7, 11) is 0. The Morgan fingerprint density at radius 1 is 1.33 bits per heavy atom. The summed E-state index contributed by atoms with van der Waals surface area (Å²) < 4.78 is 7.58. The maximum atomic E-state index is 6.15. The molecule has 0 bridgehead atoms.